The number of hydrogen-bond donors (Lipinski definition) is 1. The lowest BCUT2D eigenvalue weighted by atomic mass is 10.0. The van der Waals surface area contributed by atoms with Crippen molar-refractivity contribution in [2.24, 2.45) is 0 Å². The molecule has 1 aliphatic rings. The summed E-state index contributed by atoms with van der Waals surface area (Å²) in [4.78, 5) is 27.5. The van der Waals surface area contributed by atoms with Gasteiger partial charge in [0.15, 0.2) is 0 Å². The molecule has 0 aliphatic carbocycles. The van der Waals surface area contributed by atoms with Gasteiger partial charge in [-0.25, -0.2) is 0 Å². The molecule has 0 aromatic heterocycles. The van der Waals surface area contributed by atoms with Crippen molar-refractivity contribution in [3.05, 3.63) is 96.1 Å². The van der Waals surface area contributed by atoms with Gasteiger partial charge in [-0.3, -0.25) is 14.5 Å². The maximum absolute atomic E-state index is 13.0. The van der Waals surface area contributed by atoms with Crippen molar-refractivity contribution in [2.75, 3.05) is 10.2 Å². The maximum atomic E-state index is 13.0. The van der Waals surface area contributed by atoms with Crippen LogP contribution in [0, 0.1) is 0 Å². The first-order chi connectivity index (χ1) is 12.3. The summed E-state index contributed by atoms with van der Waals surface area (Å²) < 4.78 is 0. The van der Waals surface area contributed by atoms with Crippen molar-refractivity contribution in [2.45, 2.75) is 6.04 Å². The number of fused-ring (bicyclic) bond motifs is 1. The van der Waals surface area contributed by atoms with Crippen LogP contribution in [0.4, 0.5) is 11.4 Å². The summed E-state index contributed by atoms with van der Waals surface area (Å²) in [5.41, 5.74) is 2.71. The molecule has 3 aromatic carbocycles. The number of hydrogen-bond acceptors (Lipinski definition) is 2. The van der Waals surface area contributed by atoms with Gasteiger partial charge in [-0.15, -0.1) is 0 Å². The van der Waals surface area contributed by atoms with E-state index in [1.165, 1.54) is 0 Å². The average molecular weight is 328 g/mol. The zero-order valence-corrected chi connectivity index (χ0v) is 13.4. The SMILES string of the molecule is O=C(Nc1ccccc1)[C@@H]1c2ccccc2C(=O)N1c1ccccc1. The van der Waals surface area contributed by atoms with Gasteiger partial charge in [-0.2, -0.15) is 0 Å². The van der Waals surface area contributed by atoms with Crippen molar-refractivity contribution < 1.29 is 9.59 Å². The summed E-state index contributed by atoms with van der Waals surface area (Å²) in [6, 6.07) is 25.1. The molecule has 3 aromatic rings. The van der Waals surface area contributed by atoms with Crippen LogP contribution in [0.2, 0.25) is 0 Å². The number of para-hydroxylation sites is 2. The van der Waals surface area contributed by atoms with E-state index in [-0.39, 0.29) is 11.8 Å². The van der Waals surface area contributed by atoms with Crippen LogP contribution in [0.15, 0.2) is 84.9 Å². The van der Waals surface area contributed by atoms with Crippen LogP contribution in [-0.2, 0) is 4.79 Å². The molecule has 0 unspecified atom stereocenters. The quantitative estimate of drug-likeness (QED) is 0.789. The van der Waals surface area contributed by atoms with Crippen LogP contribution in [0.5, 0.6) is 0 Å². The molecule has 0 fully saturated rings. The Morgan fingerprint density at radius 3 is 2.12 bits per heavy atom. The first-order valence-corrected chi connectivity index (χ1v) is 8.09. The second-order valence-corrected chi connectivity index (χ2v) is 5.86. The number of amides is 2. The van der Waals surface area contributed by atoms with Crippen LogP contribution >= 0.6 is 0 Å². The number of carbonyl (C=O) groups is 2. The largest absolute Gasteiger partial charge is 0.324 e. The lowest BCUT2D eigenvalue weighted by Gasteiger charge is -2.24. The lowest BCUT2D eigenvalue weighted by Crippen LogP contribution is -2.35. The molecule has 0 radical (unpaired) electrons. The van der Waals surface area contributed by atoms with Crippen LogP contribution in [0.3, 0.4) is 0 Å². The number of anilines is 2. The van der Waals surface area contributed by atoms with E-state index < -0.39 is 6.04 Å². The Bertz CT molecular complexity index is 923. The highest BCUT2D eigenvalue weighted by molar-refractivity contribution is 6.17. The van der Waals surface area contributed by atoms with Gasteiger partial charge in [0.1, 0.15) is 6.04 Å². The van der Waals surface area contributed by atoms with Gasteiger partial charge in [0, 0.05) is 16.9 Å². The number of nitrogens with zero attached hydrogens (tertiary/aromatic N) is 1. The Morgan fingerprint density at radius 2 is 1.40 bits per heavy atom. The van der Waals surface area contributed by atoms with Gasteiger partial charge in [0.2, 0.25) is 0 Å². The minimum Gasteiger partial charge on any atom is -0.324 e. The summed E-state index contributed by atoms with van der Waals surface area (Å²) in [5, 5.41) is 2.91. The van der Waals surface area contributed by atoms with Crippen LogP contribution in [0.25, 0.3) is 0 Å². The Kier molecular flexibility index (Phi) is 3.78. The zero-order valence-electron chi connectivity index (χ0n) is 13.4. The molecule has 1 atom stereocenters. The van der Waals surface area contributed by atoms with E-state index in [0.717, 1.165) is 5.56 Å². The molecular weight excluding hydrogens is 312 g/mol. The van der Waals surface area contributed by atoms with Gasteiger partial charge in [-0.1, -0.05) is 54.6 Å². The minimum absolute atomic E-state index is 0.157. The minimum atomic E-state index is -0.689. The third-order valence-corrected chi connectivity index (χ3v) is 4.29. The molecule has 2 amide bonds. The molecule has 1 aliphatic heterocycles. The smallest absolute Gasteiger partial charge is 0.259 e. The topological polar surface area (TPSA) is 49.4 Å². The van der Waals surface area contributed by atoms with Gasteiger partial charge in [-0.05, 0) is 35.9 Å². The number of benzene rings is 3. The van der Waals surface area contributed by atoms with Crippen molar-refractivity contribution >= 4 is 23.2 Å². The Balaban J connectivity index is 1.76. The summed E-state index contributed by atoms with van der Waals surface area (Å²) in [7, 11) is 0. The maximum Gasteiger partial charge on any atom is 0.259 e. The molecule has 25 heavy (non-hydrogen) atoms. The third kappa shape index (κ3) is 2.68. The molecule has 0 saturated carbocycles. The van der Waals surface area contributed by atoms with Gasteiger partial charge < -0.3 is 5.32 Å². The van der Waals surface area contributed by atoms with Gasteiger partial charge >= 0.3 is 0 Å². The first-order valence-electron chi connectivity index (χ1n) is 8.09. The molecule has 0 bridgehead atoms. The monoisotopic (exact) mass is 328 g/mol. The highest BCUT2D eigenvalue weighted by Gasteiger charge is 2.41. The summed E-state index contributed by atoms with van der Waals surface area (Å²) in [6.45, 7) is 0. The standard InChI is InChI=1S/C21H16N2O2/c24-20(22-15-9-3-1-4-10-15)19-17-13-7-8-14-18(17)21(25)23(19)16-11-5-2-6-12-16/h1-14,19H,(H,22,24)/t19-/m0/s1. The fraction of sp³-hybridized carbons (Fsp3) is 0.0476. The zero-order chi connectivity index (χ0) is 17.2. The van der Waals surface area contributed by atoms with E-state index >= 15 is 0 Å². The fourth-order valence-corrected chi connectivity index (χ4v) is 3.16. The number of carbonyl (C=O) groups excluding carboxylic acids is 2. The van der Waals surface area contributed by atoms with E-state index in [9.17, 15) is 9.59 Å². The molecular formula is C21H16N2O2. The molecule has 4 rings (SSSR count). The van der Waals surface area contributed by atoms with Gasteiger partial charge in [0.25, 0.3) is 11.8 Å². The van der Waals surface area contributed by atoms with E-state index in [1.807, 2.05) is 78.9 Å². The van der Waals surface area contributed by atoms with Crippen molar-refractivity contribution in [3.63, 3.8) is 0 Å². The molecule has 0 saturated heterocycles. The second kappa shape index (κ2) is 6.24. The molecule has 0 spiro atoms. The highest BCUT2D eigenvalue weighted by atomic mass is 16.2. The van der Waals surface area contributed by atoms with Gasteiger partial charge in [0.05, 0.1) is 0 Å². The first kappa shape index (κ1) is 15.1. The molecule has 122 valence electrons. The predicted octanol–water partition coefficient (Wildman–Crippen LogP) is 4.03. The Labute approximate surface area is 145 Å². The van der Waals surface area contributed by atoms with E-state index in [1.54, 1.807) is 11.0 Å². The molecule has 4 nitrogen and oxygen atoms in total. The highest BCUT2D eigenvalue weighted by Crippen LogP contribution is 2.38. The molecule has 4 heteroatoms. The van der Waals surface area contributed by atoms with Crippen LogP contribution in [-0.4, -0.2) is 11.8 Å². The van der Waals surface area contributed by atoms with Crippen molar-refractivity contribution in [3.8, 4) is 0 Å². The van der Waals surface area contributed by atoms with E-state index in [2.05, 4.69) is 5.32 Å². The fourth-order valence-electron chi connectivity index (χ4n) is 3.16. The van der Waals surface area contributed by atoms with E-state index in [4.69, 9.17) is 0 Å². The molecule has 1 heterocycles. The lowest BCUT2D eigenvalue weighted by molar-refractivity contribution is -0.117. The normalized spacial score (nSPS) is 15.8. The third-order valence-electron chi connectivity index (χ3n) is 4.29. The predicted molar refractivity (Wildman–Crippen MR) is 97.5 cm³/mol. The van der Waals surface area contributed by atoms with Crippen molar-refractivity contribution in [1.82, 2.24) is 0 Å². The number of nitrogens with one attached hydrogen (secondary N) is 1. The number of rotatable bonds is 3. The van der Waals surface area contributed by atoms with Crippen LogP contribution < -0.4 is 10.2 Å². The summed E-state index contributed by atoms with van der Waals surface area (Å²) >= 11 is 0. The van der Waals surface area contributed by atoms with Crippen LogP contribution in [0.1, 0.15) is 22.0 Å². The second-order valence-electron chi connectivity index (χ2n) is 5.86. The molecule has 1 N–H and O–H groups in total. The van der Waals surface area contributed by atoms with E-state index in [0.29, 0.717) is 16.9 Å². The van der Waals surface area contributed by atoms with Crippen molar-refractivity contribution in [1.29, 1.82) is 0 Å². The Hall–Kier alpha value is -3.40. The Morgan fingerprint density at radius 1 is 0.800 bits per heavy atom. The summed E-state index contributed by atoms with van der Waals surface area (Å²) in [6.07, 6.45) is 0. The average Bonchev–Trinajstić information content (AvgIpc) is 2.96. The summed E-state index contributed by atoms with van der Waals surface area (Å²) in [5.74, 6) is -0.386.